The normalized spacial score (nSPS) is 17.3. The second-order valence-corrected chi connectivity index (χ2v) is 5.42. The van der Waals surface area contributed by atoms with Crippen LogP contribution in [0.1, 0.15) is 19.8 Å². The van der Waals surface area contributed by atoms with Gasteiger partial charge < -0.3 is 15.0 Å². The van der Waals surface area contributed by atoms with E-state index in [1.54, 1.807) is 6.92 Å². The van der Waals surface area contributed by atoms with Gasteiger partial charge in [0.25, 0.3) is 0 Å². The molecule has 2 amide bonds. The number of piperidine rings is 1. The number of rotatable bonds is 3. The van der Waals surface area contributed by atoms with E-state index in [4.69, 9.17) is 4.74 Å². The summed E-state index contributed by atoms with van der Waals surface area (Å²) in [6, 6.07) is 2.55. The molecule has 2 rings (SSSR count). The fourth-order valence-electron chi connectivity index (χ4n) is 2.53. The molecule has 0 radical (unpaired) electrons. The summed E-state index contributed by atoms with van der Waals surface area (Å²) >= 11 is 0. The number of amides is 2. The third-order valence-corrected chi connectivity index (χ3v) is 3.70. The first-order valence-corrected chi connectivity index (χ1v) is 7.64. The predicted octanol–water partition coefficient (Wildman–Crippen LogP) is 1.70. The summed E-state index contributed by atoms with van der Waals surface area (Å²) in [6.45, 7) is 2.30. The molecule has 1 saturated heterocycles. The number of hydrogen-bond donors (Lipinski definition) is 1. The lowest BCUT2D eigenvalue weighted by molar-refractivity contribution is -0.153. The van der Waals surface area contributed by atoms with Crippen molar-refractivity contribution < 1.29 is 27.9 Å². The molecule has 130 valence electrons. The lowest BCUT2D eigenvalue weighted by Gasteiger charge is -2.30. The number of nitrogens with one attached hydrogen (secondary N) is 1. The lowest BCUT2D eigenvalue weighted by atomic mass is 9.98. The van der Waals surface area contributed by atoms with E-state index in [1.807, 2.05) is 0 Å². The highest BCUT2D eigenvalue weighted by Crippen LogP contribution is 2.19. The molecule has 0 spiro atoms. The second kappa shape index (κ2) is 7.85. The van der Waals surface area contributed by atoms with Crippen molar-refractivity contribution in [2.45, 2.75) is 19.8 Å². The number of likely N-dealkylation sites (tertiary alicyclic amines) is 1. The number of carbonyl (C=O) groups excluding carboxylic acids is 3. The molecule has 1 heterocycles. The second-order valence-electron chi connectivity index (χ2n) is 5.42. The summed E-state index contributed by atoms with van der Waals surface area (Å²) in [7, 11) is 0. The van der Waals surface area contributed by atoms with Gasteiger partial charge in [0.1, 0.15) is 11.6 Å². The number of hydrogen-bond acceptors (Lipinski definition) is 4. The van der Waals surface area contributed by atoms with E-state index in [1.165, 1.54) is 4.90 Å². The molecule has 1 fully saturated rings. The Balaban J connectivity index is 2.01. The van der Waals surface area contributed by atoms with Crippen LogP contribution >= 0.6 is 0 Å². The smallest absolute Gasteiger partial charge is 0.313 e. The molecule has 1 aromatic carbocycles. The average Bonchev–Trinajstić information content (AvgIpc) is 2.57. The maximum atomic E-state index is 13.5. The molecule has 0 aliphatic carbocycles. The first-order chi connectivity index (χ1) is 11.4. The molecule has 1 N–H and O–H groups in total. The van der Waals surface area contributed by atoms with Crippen LogP contribution in [0.4, 0.5) is 14.5 Å². The molecule has 6 nitrogen and oxygen atoms in total. The van der Waals surface area contributed by atoms with E-state index in [-0.39, 0.29) is 13.2 Å². The zero-order chi connectivity index (χ0) is 17.7. The average molecular weight is 340 g/mol. The van der Waals surface area contributed by atoms with Crippen molar-refractivity contribution in [2.75, 3.05) is 25.0 Å². The molecule has 1 aliphatic heterocycles. The van der Waals surface area contributed by atoms with E-state index in [9.17, 15) is 23.2 Å². The van der Waals surface area contributed by atoms with E-state index in [2.05, 4.69) is 5.32 Å². The van der Waals surface area contributed by atoms with Crippen molar-refractivity contribution in [1.29, 1.82) is 0 Å². The predicted molar refractivity (Wildman–Crippen MR) is 80.9 cm³/mol. The van der Waals surface area contributed by atoms with Crippen molar-refractivity contribution in [2.24, 2.45) is 5.92 Å². The molecule has 24 heavy (non-hydrogen) atoms. The molecule has 1 aliphatic rings. The molecule has 0 aromatic heterocycles. The Labute approximate surface area is 137 Å². The zero-order valence-corrected chi connectivity index (χ0v) is 13.2. The van der Waals surface area contributed by atoms with Gasteiger partial charge in [-0.05, 0) is 31.9 Å². The van der Waals surface area contributed by atoms with Gasteiger partial charge in [0, 0.05) is 19.2 Å². The van der Waals surface area contributed by atoms with Gasteiger partial charge >= 0.3 is 17.8 Å². The first kappa shape index (κ1) is 17.8. The minimum Gasteiger partial charge on any atom is -0.466 e. The van der Waals surface area contributed by atoms with E-state index in [0.717, 1.165) is 18.2 Å². The van der Waals surface area contributed by atoms with E-state index >= 15 is 0 Å². The maximum absolute atomic E-state index is 13.5. The summed E-state index contributed by atoms with van der Waals surface area (Å²) in [5.41, 5.74) is -0.410. The first-order valence-electron chi connectivity index (χ1n) is 7.64. The van der Waals surface area contributed by atoms with Crippen LogP contribution in [0.2, 0.25) is 0 Å². The third kappa shape index (κ3) is 4.27. The Morgan fingerprint density at radius 3 is 2.79 bits per heavy atom. The van der Waals surface area contributed by atoms with Crippen LogP contribution in [-0.2, 0) is 19.1 Å². The quantitative estimate of drug-likeness (QED) is 0.671. The molecule has 1 atom stereocenters. The van der Waals surface area contributed by atoms with Crippen LogP contribution in [0.15, 0.2) is 18.2 Å². The van der Waals surface area contributed by atoms with Crippen LogP contribution in [0.25, 0.3) is 0 Å². The maximum Gasteiger partial charge on any atom is 0.313 e. The summed E-state index contributed by atoms with van der Waals surface area (Å²) in [6.07, 6.45) is 1.12. The highest BCUT2D eigenvalue weighted by Gasteiger charge is 2.32. The van der Waals surface area contributed by atoms with Gasteiger partial charge in [-0.25, -0.2) is 8.78 Å². The molecule has 1 unspecified atom stereocenters. The summed E-state index contributed by atoms with van der Waals surface area (Å²) < 4.78 is 31.5. The van der Waals surface area contributed by atoms with Gasteiger partial charge in [0.05, 0.1) is 18.2 Å². The Morgan fingerprint density at radius 2 is 2.08 bits per heavy atom. The van der Waals surface area contributed by atoms with Crippen LogP contribution in [0.5, 0.6) is 0 Å². The lowest BCUT2D eigenvalue weighted by Crippen LogP contribution is -2.47. The number of ether oxygens (including phenoxy) is 1. The summed E-state index contributed by atoms with van der Waals surface area (Å²) in [5, 5.41) is 2.06. The minimum atomic E-state index is -1.08. The van der Waals surface area contributed by atoms with E-state index in [0.29, 0.717) is 19.4 Å². The number of nitrogens with zero attached hydrogens (tertiary/aromatic N) is 1. The zero-order valence-electron chi connectivity index (χ0n) is 13.2. The number of halogens is 2. The van der Waals surface area contributed by atoms with Crippen molar-refractivity contribution in [3.63, 3.8) is 0 Å². The molecule has 1 aromatic rings. The summed E-state index contributed by atoms with van der Waals surface area (Å²) in [5.74, 6) is -4.45. The Bertz CT molecular complexity index is 651. The fraction of sp³-hybridized carbons (Fsp3) is 0.438. The van der Waals surface area contributed by atoms with Gasteiger partial charge in [0.15, 0.2) is 0 Å². The highest BCUT2D eigenvalue weighted by atomic mass is 19.1. The van der Waals surface area contributed by atoms with Crippen LogP contribution < -0.4 is 5.32 Å². The van der Waals surface area contributed by atoms with Crippen LogP contribution in [0, 0.1) is 17.6 Å². The molecule has 0 saturated carbocycles. The number of carbonyl (C=O) groups is 3. The fourth-order valence-corrected chi connectivity index (χ4v) is 2.53. The molecule has 0 bridgehead atoms. The van der Waals surface area contributed by atoms with Crippen molar-refractivity contribution in [1.82, 2.24) is 4.90 Å². The van der Waals surface area contributed by atoms with Crippen molar-refractivity contribution in [3.05, 3.63) is 29.8 Å². The number of anilines is 1. The monoisotopic (exact) mass is 340 g/mol. The SMILES string of the molecule is CCOC(=O)C1CCCN(C(=O)C(=O)Nc2cc(F)ccc2F)C1. The largest absolute Gasteiger partial charge is 0.466 e. The Hall–Kier alpha value is -2.51. The minimum absolute atomic E-state index is 0.0662. The van der Waals surface area contributed by atoms with Crippen LogP contribution in [-0.4, -0.2) is 42.4 Å². The number of benzene rings is 1. The van der Waals surface area contributed by atoms with Crippen molar-refractivity contribution in [3.8, 4) is 0 Å². The summed E-state index contributed by atoms with van der Waals surface area (Å²) in [4.78, 5) is 37.1. The molecule has 8 heteroatoms. The molecular formula is C16H18F2N2O4. The van der Waals surface area contributed by atoms with Gasteiger partial charge in [-0.3, -0.25) is 14.4 Å². The number of esters is 1. The van der Waals surface area contributed by atoms with Crippen molar-refractivity contribution >= 4 is 23.5 Å². The Kier molecular flexibility index (Phi) is 5.83. The van der Waals surface area contributed by atoms with Gasteiger partial charge in [-0.15, -0.1) is 0 Å². The van der Waals surface area contributed by atoms with Gasteiger partial charge in [-0.2, -0.15) is 0 Å². The molecular weight excluding hydrogens is 322 g/mol. The van der Waals surface area contributed by atoms with Gasteiger partial charge in [0.2, 0.25) is 0 Å². The van der Waals surface area contributed by atoms with Crippen LogP contribution in [0.3, 0.4) is 0 Å². The Morgan fingerprint density at radius 1 is 1.33 bits per heavy atom. The highest BCUT2D eigenvalue weighted by molar-refractivity contribution is 6.39. The third-order valence-electron chi connectivity index (χ3n) is 3.70. The standard InChI is InChI=1S/C16H18F2N2O4/c1-2-24-16(23)10-4-3-7-20(9-10)15(22)14(21)19-13-8-11(17)5-6-12(13)18/h5-6,8,10H,2-4,7,9H2,1H3,(H,19,21). The topological polar surface area (TPSA) is 75.7 Å². The van der Waals surface area contributed by atoms with Gasteiger partial charge in [-0.1, -0.05) is 0 Å². The van der Waals surface area contributed by atoms with E-state index < -0.39 is 41.0 Å².